The molecule has 4 atom stereocenters. The van der Waals surface area contributed by atoms with Gasteiger partial charge in [0.1, 0.15) is 17.9 Å². The summed E-state index contributed by atoms with van der Waals surface area (Å²) in [6, 6.07) is 8.77. The van der Waals surface area contributed by atoms with Gasteiger partial charge in [0.25, 0.3) is 0 Å². The number of likely N-dealkylation sites (tertiary alicyclic amines) is 2. The Morgan fingerprint density at radius 2 is 1.49 bits per heavy atom. The van der Waals surface area contributed by atoms with Crippen molar-refractivity contribution in [3.8, 4) is 10.6 Å². The highest BCUT2D eigenvalue weighted by molar-refractivity contribution is 7.16. The largest absolute Gasteiger partial charge is 0.453 e. The van der Waals surface area contributed by atoms with E-state index in [-0.39, 0.29) is 35.7 Å². The van der Waals surface area contributed by atoms with Gasteiger partial charge in [-0.1, -0.05) is 39.8 Å². The zero-order valence-corrected chi connectivity index (χ0v) is 32.0. The first-order chi connectivity index (χ1) is 25.5. The van der Waals surface area contributed by atoms with Crippen LogP contribution in [0.5, 0.6) is 0 Å². The summed E-state index contributed by atoms with van der Waals surface area (Å²) in [5.74, 6) is 0.316. The smallest absolute Gasteiger partial charge is 0.407 e. The second-order valence-electron chi connectivity index (χ2n) is 14.5. The van der Waals surface area contributed by atoms with Crippen molar-refractivity contribution in [3.05, 3.63) is 58.4 Å². The SMILES string of the molecule is COC(=O)N[C@H](C(=O)N1CCC[C@H]1C1=Nc2ccc(/C=C/c3ccc(-c4cnc([C@@H]5CCCN5C(=O)[C@@H](NC(=O)OC)C(C)C)[nH]4)s3)cc2C1)C(C)C. The number of aromatic amines is 1. The molecule has 4 amide bonds. The summed E-state index contributed by atoms with van der Waals surface area (Å²) in [4.78, 5) is 69.9. The Hall–Kier alpha value is -4.98. The van der Waals surface area contributed by atoms with Gasteiger partial charge in [-0.05, 0) is 79.0 Å². The van der Waals surface area contributed by atoms with Crippen molar-refractivity contribution < 1.29 is 28.7 Å². The number of methoxy groups -OCH3 is 2. The van der Waals surface area contributed by atoms with Gasteiger partial charge in [0.15, 0.2) is 0 Å². The first-order valence-electron chi connectivity index (χ1n) is 18.3. The summed E-state index contributed by atoms with van der Waals surface area (Å²) in [6.07, 6.45) is 8.83. The van der Waals surface area contributed by atoms with Crippen molar-refractivity contribution in [1.82, 2.24) is 30.4 Å². The van der Waals surface area contributed by atoms with Crippen molar-refractivity contribution >= 4 is 58.9 Å². The van der Waals surface area contributed by atoms with E-state index in [9.17, 15) is 19.2 Å². The number of nitrogens with zero attached hydrogens (tertiary/aromatic N) is 4. The van der Waals surface area contributed by atoms with Crippen LogP contribution in [0.4, 0.5) is 15.3 Å². The number of alkyl carbamates (subject to hydrolysis) is 2. The number of H-pyrrole nitrogens is 1. The minimum atomic E-state index is -0.682. The fourth-order valence-electron chi connectivity index (χ4n) is 7.39. The van der Waals surface area contributed by atoms with Crippen molar-refractivity contribution in [1.29, 1.82) is 0 Å². The second-order valence-corrected chi connectivity index (χ2v) is 15.6. The summed E-state index contributed by atoms with van der Waals surface area (Å²) in [5, 5.41) is 5.41. The number of carbonyl (C=O) groups excluding carboxylic acids is 4. The molecular weight excluding hydrogens is 695 g/mol. The molecule has 14 heteroatoms. The van der Waals surface area contributed by atoms with Gasteiger partial charge in [0.05, 0.1) is 48.8 Å². The summed E-state index contributed by atoms with van der Waals surface area (Å²) < 4.78 is 9.52. The first kappa shape index (κ1) is 37.8. The highest BCUT2D eigenvalue weighted by Gasteiger charge is 2.39. The summed E-state index contributed by atoms with van der Waals surface area (Å²) in [5.41, 5.74) is 5.00. The van der Waals surface area contributed by atoms with Crippen LogP contribution in [-0.2, 0) is 25.5 Å². The van der Waals surface area contributed by atoms with Crippen LogP contribution < -0.4 is 10.6 Å². The van der Waals surface area contributed by atoms with E-state index in [1.807, 2.05) is 49.8 Å². The quantitative estimate of drug-likeness (QED) is 0.206. The van der Waals surface area contributed by atoms with Crippen molar-refractivity contribution in [3.63, 3.8) is 0 Å². The fourth-order valence-corrected chi connectivity index (χ4v) is 8.26. The van der Waals surface area contributed by atoms with Crippen LogP contribution in [0.15, 0.2) is 41.5 Å². The Morgan fingerprint density at radius 3 is 2.11 bits per heavy atom. The van der Waals surface area contributed by atoms with E-state index >= 15 is 0 Å². The molecule has 0 saturated carbocycles. The lowest BCUT2D eigenvalue weighted by Crippen LogP contribution is -2.53. The Bertz CT molecular complexity index is 1900. The van der Waals surface area contributed by atoms with Crippen LogP contribution in [0.1, 0.15) is 81.2 Å². The van der Waals surface area contributed by atoms with Crippen LogP contribution in [0.2, 0.25) is 0 Å². The molecule has 2 aromatic heterocycles. The number of ether oxygens (including phenoxy) is 2. The molecule has 3 aliphatic rings. The Kier molecular flexibility index (Phi) is 11.7. The molecule has 3 N–H and O–H groups in total. The zero-order valence-electron chi connectivity index (χ0n) is 31.2. The molecule has 6 rings (SSSR count). The molecule has 0 bridgehead atoms. The van der Waals surface area contributed by atoms with E-state index in [0.29, 0.717) is 19.5 Å². The third-order valence-electron chi connectivity index (χ3n) is 10.2. The monoisotopic (exact) mass is 743 g/mol. The van der Waals surface area contributed by atoms with Gasteiger partial charge in [-0.25, -0.2) is 14.6 Å². The number of rotatable bonds is 11. The number of imidazole rings is 1. The molecule has 3 aliphatic heterocycles. The van der Waals surface area contributed by atoms with Gasteiger partial charge in [0.2, 0.25) is 11.8 Å². The molecule has 5 heterocycles. The van der Waals surface area contributed by atoms with Crippen LogP contribution in [0, 0.1) is 11.8 Å². The van der Waals surface area contributed by atoms with Gasteiger partial charge >= 0.3 is 12.2 Å². The molecule has 282 valence electrons. The van der Waals surface area contributed by atoms with E-state index in [4.69, 9.17) is 14.5 Å². The Morgan fingerprint density at radius 1 is 0.868 bits per heavy atom. The minimum Gasteiger partial charge on any atom is -0.453 e. The molecule has 0 spiro atoms. The molecule has 1 aromatic carbocycles. The van der Waals surface area contributed by atoms with Crippen LogP contribution in [-0.4, -0.2) is 94.9 Å². The Balaban J connectivity index is 1.09. The van der Waals surface area contributed by atoms with E-state index in [1.54, 1.807) is 11.3 Å². The number of nitrogens with one attached hydrogen (secondary N) is 3. The summed E-state index contributed by atoms with van der Waals surface area (Å²) in [6.45, 7) is 8.87. The fraction of sp³-hybridized carbons (Fsp3) is 0.487. The summed E-state index contributed by atoms with van der Waals surface area (Å²) in [7, 11) is 2.59. The lowest BCUT2D eigenvalue weighted by molar-refractivity contribution is -0.135. The second kappa shape index (κ2) is 16.4. The number of fused-ring (bicyclic) bond motifs is 1. The molecule has 0 radical (unpaired) electrons. The number of hydrogen-bond donors (Lipinski definition) is 3. The topological polar surface area (TPSA) is 158 Å². The molecule has 2 fully saturated rings. The molecule has 53 heavy (non-hydrogen) atoms. The van der Waals surface area contributed by atoms with Crippen molar-refractivity contribution in [2.75, 3.05) is 27.3 Å². The third kappa shape index (κ3) is 8.32. The average molecular weight is 744 g/mol. The maximum atomic E-state index is 13.6. The minimum absolute atomic E-state index is 0.0849. The number of benzene rings is 1. The van der Waals surface area contributed by atoms with Gasteiger partial charge in [-0.2, -0.15) is 0 Å². The highest BCUT2D eigenvalue weighted by atomic mass is 32.1. The third-order valence-corrected chi connectivity index (χ3v) is 11.3. The normalized spacial score (nSPS) is 19.4. The van der Waals surface area contributed by atoms with Crippen LogP contribution in [0.3, 0.4) is 0 Å². The van der Waals surface area contributed by atoms with Crippen molar-refractivity contribution in [2.45, 2.75) is 84.0 Å². The van der Waals surface area contributed by atoms with Crippen molar-refractivity contribution in [2.24, 2.45) is 16.8 Å². The summed E-state index contributed by atoms with van der Waals surface area (Å²) >= 11 is 1.65. The molecule has 3 aromatic rings. The van der Waals surface area contributed by atoms with Crippen LogP contribution >= 0.6 is 11.3 Å². The maximum Gasteiger partial charge on any atom is 0.407 e. The molecular formula is C39H49N7O6S. The number of carbonyl (C=O) groups is 4. The van der Waals surface area contributed by atoms with Gasteiger partial charge in [-0.3, -0.25) is 14.6 Å². The van der Waals surface area contributed by atoms with E-state index in [1.165, 1.54) is 14.2 Å². The van der Waals surface area contributed by atoms with Crippen LogP contribution in [0.25, 0.3) is 22.7 Å². The maximum absolute atomic E-state index is 13.6. The number of hydrogen-bond acceptors (Lipinski definition) is 9. The van der Waals surface area contributed by atoms with E-state index < -0.39 is 24.3 Å². The molecule has 2 saturated heterocycles. The zero-order chi connectivity index (χ0) is 37.8. The lowest BCUT2D eigenvalue weighted by Gasteiger charge is -2.30. The molecule has 13 nitrogen and oxygen atoms in total. The van der Waals surface area contributed by atoms with Gasteiger partial charge in [0, 0.05) is 30.1 Å². The average Bonchev–Trinajstić information content (AvgIpc) is 3.98. The lowest BCUT2D eigenvalue weighted by atomic mass is 9.99. The predicted octanol–water partition coefficient (Wildman–Crippen LogP) is 6.35. The highest BCUT2D eigenvalue weighted by Crippen LogP contribution is 2.36. The number of thiophene rings is 1. The first-order valence-corrected chi connectivity index (χ1v) is 19.1. The molecule has 0 aliphatic carbocycles. The standard InChI is InChI=1S/C39H49N7O6S/c1-22(2)33(43-38(49)51-5)36(47)45-17-7-9-30(45)28-20-25-19-24(12-15-27(25)41-28)11-13-26-14-16-32(53-26)29-21-40-35(42-29)31-10-8-18-46(31)37(48)34(23(3)4)44-39(50)52-6/h11-16,19,21-23,30-31,33-34H,7-10,17-18,20H2,1-6H3,(H,40,42)(H,43,49)(H,44,50)/b13-11+/t30-,31-,33-,34-/m0/s1. The number of amides is 4. The van der Waals surface area contributed by atoms with Gasteiger partial charge < -0.3 is 34.9 Å². The Labute approximate surface area is 314 Å². The number of aromatic nitrogens is 2. The predicted molar refractivity (Wildman–Crippen MR) is 205 cm³/mol. The van der Waals surface area contributed by atoms with E-state index in [0.717, 1.165) is 69.5 Å². The van der Waals surface area contributed by atoms with Gasteiger partial charge in [-0.15, -0.1) is 11.3 Å². The van der Waals surface area contributed by atoms with E-state index in [2.05, 4.69) is 57.0 Å². The molecule has 0 unspecified atom stereocenters. The number of aliphatic imine (C=N–C) groups is 1.